The predicted molar refractivity (Wildman–Crippen MR) is 137 cm³/mol. The lowest BCUT2D eigenvalue weighted by atomic mass is 9.83. The highest BCUT2D eigenvalue weighted by Gasteiger charge is 2.34. The quantitative estimate of drug-likeness (QED) is 0.538. The van der Waals surface area contributed by atoms with E-state index in [1.54, 1.807) is 11.7 Å². The maximum Gasteiger partial charge on any atom is 0.410 e. The van der Waals surface area contributed by atoms with Crippen molar-refractivity contribution in [3.63, 3.8) is 0 Å². The Bertz CT molecular complexity index is 1280. The highest BCUT2D eigenvalue weighted by atomic mass is 32.3. The van der Waals surface area contributed by atoms with Crippen molar-refractivity contribution in [2.75, 3.05) is 25.2 Å². The van der Waals surface area contributed by atoms with E-state index in [-0.39, 0.29) is 12.6 Å². The van der Waals surface area contributed by atoms with Crippen LogP contribution >= 0.6 is 0 Å². The molecule has 10 nitrogen and oxygen atoms in total. The van der Waals surface area contributed by atoms with Gasteiger partial charge in [-0.05, 0) is 85.2 Å². The number of rotatable bonds is 4. The van der Waals surface area contributed by atoms with E-state index in [0.29, 0.717) is 17.3 Å². The van der Waals surface area contributed by atoms with Crippen molar-refractivity contribution in [3.05, 3.63) is 34.5 Å². The summed E-state index contributed by atoms with van der Waals surface area (Å²) >= 11 is 0. The van der Waals surface area contributed by atoms with Gasteiger partial charge >= 0.3 is 12.1 Å². The number of hydrogen-bond acceptors (Lipinski definition) is 6. The van der Waals surface area contributed by atoms with Crippen LogP contribution in [0.2, 0.25) is 0 Å². The first-order valence-corrected chi connectivity index (χ1v) is 14.6. The van der Waals surface area contributed by atoms with Crippen molar-refractivity contribution in [1.82, 2.24) is 19.4 Å². The molecule has 0 fully saturated rings. The molecule has 2 aliphatic carbocycles. The zero-order valence-electron chi connectivity index (χ0n) is 21.5. The van der Waals surface area contributed by atoms with Crippen LogP contribution in [-0.2, 0) is 47.1 Å². The number of ether oxygens (including phenoxy) is 2. The first kappa shape index (κ1) is 24.6. The van der Waals surface area contributed by atoms with E-state index in [4.69, 9.17) is 9.47 Å². The molecule has 1 aromatic heterocycles. The summed E-state index contributed by atoms with van der Waals surface area (Å²) in [6.45, 7) is 6.00. The van der Waals surface area contributed by atoms with Crippen LogP contribution in [0.3, 0.4) is 0 Å². The molecule has 0 saturated carbocycles. The summed E-state index contributed by atoms with van der Waals surface area (Å²) in [5, 5.41) is 7.34. The van der Waals surface area contributed by atoms with E-state index in [1.165, 1.54) is 39.6 Å². The molecule has 1 atom stereocenters. The lowest BCUT2D eigenvalue weighted by molar-refractivity contribution is 0.0101. The molecular weight excluding hydrogens is 482 g/mol. The van der Waals surface area contributed by atoms with Gasteiger partial charge in [0, 0.05) is 19.0 Å². The van der Waals surface area contributed by atoms with Gasteiger partial charge in [-0.25, -0.2) is 14.3 Å². The number of nitrogens with zero attached hydrogens (tertiary/aromatic N) is 3. The van der Waals surface area contributed by atoms with Gasteiger partial charge in [0.2, 0.25) is 5.88 Å². The Labute approximate surface area is 212 Å². The van der Waals surface area contributed by atoms with Gasteiger partial charge < -0.3 is 19.7 Å². The van der Waals surface area contributed by atoms with Crippen LogP contribution < -0.4 is 14.8 Å². The maximum atomic E-state index is 13.6. The Morgan fingerprint density at radius 2 is 1.92 bits per heavy atom. The molecule has 0 unspecified atom stereocenters. The Morgan fingerprint density at radius 3 is 2.61 bits per heavy atom. The number of aromatic nitrogens is 2. The molecule has 2 heterocycles. The largest absolute Gasteiger partial charge is 0.475 e. The smallest absolute Gasteiger partial charge is 0.410 e. The molecule has 3 aliphatic rings. The Balaban J connectivity index is 1.28. The van der Waals surface area contributed by atoms with Crippen LogP contribution in [0, 0.1) is 0 Å². The summed E-state index contributed by atoms with van der Waals surface area (Å²) in [4.78, 5) is 27.3. The summed E-state index contributed by atoms with van der Waals surface area (Å²) in [7, 11) is -1.69. The average Bonchev–Trinajstić information content (AvgIpc) is 3.40. The number of anilines is 1. The third kappa shape index (κ3) is 4.56. The highest BCUT2D eigenvalue weighted by molar-refractivity contribution is 8.01. The summed E-state index contributed by atoms with van der Waals surface area (Å²) in [6.07, 6.45) is 7.58. The number of urea groups is 1. The first-order valence-electron chi connectivity index (χ1n) is 12.4. The van der Waals surface area contributed by atoms with Crippen LogP contribution in [0.4, 0.5) is 15.3 Å². The zero-order valence-corrected chi connectivity index (χ0v) is 22.4. The van der Waals surface area contributed by atoms with Crippen molar-refractivity contribution >= 4 is 27.9 Å². The minimum absolute atomic E-state index is 0.197. The fraction of sp³-hybridized carbons (Fsp3) is 0.560. The third-order valence-corrected chi connectivity index (χ3v) is 8.91. The molecule has 0 saturated heterocycles. The highest BCUT2D eigenvalue weighted by Crippen LogP contribution is 2.39. The average molecular weight is 518 g/mol. The number of nitrogens with one attached hydrogen (secondary N) is 2. The van der Waals surface area contributed by atoms with E-state index in [9.17, 15) is 13.8 Å². The molecule has 1 aliphatic heterocycles. The standard InChI is InChI=1S/C25H35N5O5S/c1-25(2,3)35-24(32)29(4)17-13-30-22(34-14-17)20(12-26-30)36(5,33)28-23(31)27-21-18-8-6-7-15(18)11-16-9-10-19(16)21/h11-12,17,36H,6-10,13-14H2,1-5H3,(H2,27,28,31,33)/t17-/m0/s1. The monoisotopic (exact) mass is 517 g/mol. The molecule has 11 heteroatoms. The third-order valence-electron chi connectivity index (χ3n) is 7.06. The zero-order chi connectivity index (χ0) is 25.8. The van der Waals surface area contributed by atoms with E-state index in [2.05, 4.69) is 21.2 Å². The molecule has 36 heavy (non-hydrogen) atoms. The van der Waals surface area contributed by atoms with Crippen LogP contribution in [0.1, 0.15) is 49.4 Å². The van der Waals surface area contributed by atoms with Crippen molar-refractivity contribution < 1.29 is 23.3 Å². The first-order chi connectivity index (χ1) is 16.9. The molecule has 2 aromatic rings. The molecule has 0 bridgehead atoms. The van der Waals surface area contributed by atoms with Crippen molar-refractivity contribution in [2.24, 2.45) is 0 Å². The number of benzene rings is 1. The fourth-order valence-electron chi connectivity index (χ4n) is 5.07. The predicted octanol–water partition coefficient (Wildman–Crippen LogP) is 2.84. The summed E-state index contributed by atoms with van der Waals surface area (Å²) in [5.74, 6) is 0.347. The Hall–Kier alpha value is -3.08. The fourth-order valence-corrected chi connectivity index (χ4v) is 6.45. The van der Waals surface area contributed by atoms with E-state index < -0.39 is 27.8 Å². The van der Waals surface area contributed by atoms with Gasteiger partial charge in [-0.15, -0.1) is 0 Å². The molecule has 5 rings (SSSR count). The lowest BCUT2D eigenvalue weighted by Gasteiger charge is -2.33. The normalized spacial score (nSPS) is 18.6. The molecule has 0 radical (unpaired) electrons. The SMILES string of the molecule is CN(C(=O)OC(C)(C)C)[C@@H]1COc2c([SH](C)(=O)NC(=O)Nc3c4c(cc5c3CC5)CCC4)cnn2C1. The lowest BCUT2D eigenvalue weighted by Crippen LogP contribution is -2.48. The van der Waals surface area contributed by atoms with Crippen LogP contribution in [0.5, 0.6) is 5.88 Å². The van der Waals surface area contributed by atoms with Gasteiger partial charge in [-0.2, -0.15) is 5.10 Å². The van der Waals surface area contributed by atoms with Crippen molar-refractivity contribution in [3.8, 4) is 5.88 Å². The molecule has 196 valence electrons. The number of carbonyl (C=O) groups is 2. The minimum Gasteiger partial charge on any atom is -0.475 e. The number of thiol groups is 1. The Kier molecular flexibility index (Phi) is 6.01. The van der Waals surface area contributed by atoms with Gasteiger partial charge in [0.05, 0.1) is 18.8 Å². The summed E-state index contributed by atoms with van der Waals surface area (Å²) < 4.78 is 29.2. The van der Waals surface area contributed by atoms with Gasteiger partial charge in [0.15, 0.2) is 0 Å². The van der Waals surface area contributed by atoms with Gasteiger partial charge in [-0.1, -0.05) is 6.07 Å². The van der Waals surface area contributed by atoms with Gasteiger partial charge in [0.1, 0.15) is 17.1 Å². The number of fused-ring (bicyclic) bond motifs is 3. The Morgan fingerprint density at radius 1 is 1.19 bits per heavy atom. The number of likely N-dealkylation sites (N-methyl/N-ethyl adjacent to an activating group) is 1. The van der Waals surface area contributed by atoms with E-state index >= 15 is 0 Å². The molecule has 1 aromatic carbocycles. The van der Waals surface area contributed by atoms with Crippen LogP contribution in [0.15, 0.2) is 17.2 Å². The second kappa shape index (κ2) is 8.79. The van der Waals surface area contributed by atoms with Crippen LogP contribution in [0.25, 0.3) is 0 Å². The summed E-state index contributed by atoms with van der Waals surface area (Å²) in [5.41, 5.74) is 5.31. The summed E-state index contributed by atoms with van der Waals surface area (Å²) in [6, 6.07) is 1.48. The topological polar surface area (TPSA) is 115 Å². The molecule has 3 amide bonds. The van der Waals surface area contributed by atoms with Gasteiger partial charge in [-0.3, -0.25) is 8.93 Å². The number of amides is 3. The van der Waals surface area contributed by atoms with E-state index in [1.807, 2.05) is 20.8 Å². The number of aryl methyl sites for hydroxylation is 2. The van der Waals surface area contributed by atoms with Crippen LogP contribution in [-0.4, -0.2) is 62.6 Å². The molecule has 0 spiro atoms. The molecule has 2 N–H and O–H groups in total. The maximum absolute atomic E-state index is 13.6. The second-order valence-electron chi connectivity index (χ2n) is 10.9. The molecular formula is C25H35N5O5S. The van der Waals surface area contributed by atoms with Crippen molar-refractivity contribution in [1.29, 1.82) is 0 Å². The second-order valence-corrected chi connectivity index (χ2v) is 13.5. The van der Waals surface area contributed by atoms with Crippen molar-refractivity contribution in [2.45, 2.75) is 76.0 Å². The number of carbonyl (C=O) groups excluding carboxylic acids is 2. The van der Waals surface area contributed by atoms with E-state index in [0.717, 1.165) is 37.8 Å². The number of hydrogen-bond donors (Lipinski definition) is 3. The van der Waals surface area contributed by atoms with Gasteiger partial charge in [0.25, 0.3) is 0 Å². The minimum atomic E-state index is -3.35.